The number of nitrogens with two attached hydrogens (primary N) is 1. The number of nitrogen functional groups attached to an aromatic ring is 1. The molecule has 1 unspecified atom stereocenters. The second kappa shape index (κ2) is 5.32. The summed E-state index contributed by atoms with van der Waals surface area (Å²) in [6, 6.07) is 8.71. The minimum absolute atomic E-state index is 0.283. The molecule has 1 atom stereocenters. The number of aliphatic hydroxyl groups excluding tert-OH is 1. The summed E-state index contributed by atoms with van der Waals surface area (Å²) in [5.41, 5.74) is 7.87. The normalized spacial score (nSPS) is 21.4. The smallest absolute Gasteiger partial charge is 0.0443 e. The van der Waals surface area contributed by atoms with E-state index in [1.807, 2.05) is 12.1 Å². The Morgan fingerprint density at radius 1 is 1.31 bits per heavy atom. The predicted molar refractivity (Wildman–Crippen MR) is 66.1 cm³/mol. The molecule has 1 aliphatic rings. The van der Waals surface area contributed by atoms with Gasteiger partial charge in [0.2, 0.25) is 0 Å². The molecule has 88 valence electrons. The number of anilines is 1. The Hall–Kier alpha value is -1.06. The van der Waals surface area contributed by atoms with Crippen LogP contribution in [0.3, 0.4) is 0 Å². The SMILES string of the molecule is Nc1ccc(C2CCCN2CCCO)cc1. The number of likely N-dealkylation sites (tertiary alicyclic amines) is 1. The second-order valence-electron chi connectivity index (χ2n) is 4.44. The van der Waals surface area contributed by atoms with Crippen molar-refractivity contribution < 1.29 is 5.11 Å². The molecule has 0 aliphatic carbocycles. The highest BCUT2D eigenvalue weighted by Gasteiger charge is 2.24. The molecule has 1 aromatic rings. The summed E-state index contributed by atoms with van der Waals surface area (Å²) in [5, 5.41) is 8.88. The summed E-state index contributed by atoms with van der Waals surface area (Å²) >= 11 is 0. The Kier molecular flexibility index (Phi) is 3.80. The van der Waals surface area contributed by atoms with Gasteiger partial charge in [-0.25, -0.2) is 0 Å². The zero-order valence-electron chi connectivity index (χ0n) is 9.60. The van der Waals surface area contributed by atoms with Gasteiger partial charge in [-0.05, 0) is 43.5 Å². The molecule has 0 spiro atoms. The fraction of sp³-hybridized carbons (Fsp3) is 0.538. The number of aliphatic hydroxyl groups is 1. The van der Waals surface area contributed by atoms with Gasteiger partial charge in [-0.3, -0.25) is 4.90 Å². The first-order valence-electron chi connectivity index (χ1n) is 6.01. The zero-order chi connectivity index (χ0) is 11.4. The maximum Gasteiger partial charge on any atom is 0.0443 e. The van der Waals surface area contributed by atoms with Crippen LogP contribution < -0.4 is 5.73 Å². The van der Waals surface area contributed by atoms with E-state index in [2.05, 4.69) is 17.0 Å². The van der Waals surface area contributed by atoms with Gasteiger partial charge in [0.1, 0.15) is 0 Å². The lowest BCUT2D eigenvalue weighted by Crippen LogP contribution is -2.25. The average molecular weight is 220 g/mol. The van der Waals surface area contributed by atoms with Crippen LogP contribution in [0.1, 0.15) is 30.9 Å². The molecule has 1 aromatic carbocycles. The van der Waals surface area contributed by atoms with E-state index in [0.717, 1.165) is 25.2 Å². The molecule has 0 bridgehead atoms. The Morgan fingerprint density at radius 2 is 2.06 bits per heavy atom. The third kappa shape index (κ3) is 2.54. The van der Waals surface area contributed by atoms with Crippen LogP contribution in [0.25, 0.3) is 0 Å². The molecule has 3 nitrogen and oxygen atoms in total. The molecule has 0 aromatic heterocycles. The van der Waals surface area contributed by atoms with E-state index < -0.39 is 0 Å². The lowest BCUT2D eigenvalue weighted by atomic mass is 10.0. The predicted octanol–water partition coefficient (Wildman–Crippen LogP) is 1.79. The molecule has 1 heterocycles. The van der Waals surface area contributed by atoms with Crippen molar-refractivity contribution in [3.8, 4) is 0 Å². The van der Waals surface area contributed by atoms with Gasteiger partial charge in [-0.2, -0.15) is 0 Å². The van der Waals surface area contributed by atoms with E-state index in [9.17, 15) is 0 Å². The molecular formula is C13H20N2O. The van der Waals surface area contributed by atoms with Gasteiger partial charge in [0.05, 0.1) is 0 Å². The van der Waals surface area contributed by atoms with Gasteiger partial charge < -0.3 is 10.8 Å². The molecule has 3 heteroatoms. The van der Waals surface area contributed by atoms with Crippen LogP contribution in [0, 0.1) is 0 Å². The minimum atomic E-state index is 0.283. The van der Waals surface area contributed by atoms with Gasteiger partial charge in [0.15, 0.2) is 0 Å². The third-order valence-corrected chi connectivity index (χ3v) is 3.29. The Morgan fingerprint density at radius 3 is 2.75 bits per heavy atom. The van der Waals surface area contributed by atoms with Crippen LogP contribution in [-0.4, -0.2) is 29.7 Å². The largest absolute Gasteiger partial charge is 0.399 e. The summed E-state index contributed by atoms with van der Waals surface area (Å²) in [5.74, 6) is 0. The first-order valence-corrected chi connectivity index (χ1v) is 6.01. The van der Waals surface area contributed by atoms with Crippen LogP contribution in [0.2, 0.25) is 0 Å². The van der Waals surface area contributed by atoms with Crippen LogP contribution in [0.4, 0.5) is 5.69 Å². The van der Waals surface area contributed by atoms with Crippen LogP contribution in [0.15, 0.2) is 24.3 Å². The fourth-order valence-electron chi connectivity index (χ4n) is 2.46. The van der Waals surface area contributed by atoms with E-state index in [-0.39, 0.29) is 6.61 Å². The van der Waals surface area contributed by atoms with Crippen molar-refractivity contribution in [3.05, 3.63) is 29.8 Å². The Bertz CT molecular complexity index is 323. The monoisotopic (exact) mass is 220 g/mol. The summed E-state index contributed by atoms with van der Waals surface area (Å²) < 4.78 is 0. The van der Waals surface area contributed by atoms with E-state index >= 15 is 0 Å². The Labute approximate surface area is 96.9 Å². The Balaban J connectivity index is 2.04. The van der Waals surface area contributed by atoms with Crippen molar-refractivity contribution in [2.24, 2.45) is 0 Å². The zero-order valence-corrected chi connectivity index (χ0v) is 9.60. The number of benzene rings is 1. The van der Waals surface area contributed by atoms with Gasteiger partial charge in [-0.1, -0.05) is 12.1 Å². The number of rotatable bonds is 4. The van der Waals surface area contributed by atoms with Crippen LogP contribution >= 0.6 is 0 Å². The van der Waals surface area contributed by atoms with Crippen LogP contribution in [-0.2, 0) is 0 Å². The minimum Gasteiger partial charge on any atom is -0.399 e. The first kappa shape index (κ1) is 11.4. The summed E-state index contributed by atoms with van der Waals surface area (Å²) in [4.78, 5) is 2.46. The maximum atomic E-state index is 8.88. The summed E-state index contributed by atoms with van der Waals surface area (Å²) in [6.45, 7) is 2.42. The molecule has 0 radical (unpaired) electrons. The summed E-state index contributed by atoms with van der Waals surface area (Å²) in [7, 11) is 0. The second-order valence-corrected chi connectivity index (χ2v) is 4.44. The molecule has 0 amide bonds. The highest BCUT2D eigenvalue weighted by molar-refractivity contribution is 5.40. The van der Waals surface area contributed by atoms with Gasteiger partial charge in [0, 0.05) is 24.9 Å². The molecule has 1 saturated heterocycles. The highest BCUT2D eigenvalue weighted by Crippen LogP contribution is 2.31. The molecule has 16 heavy (non-hydrogen) atoms. The van der Waals surface area contributed by atoms with E-state index in [1.54, 1.807) is 0 Å². The van der Waals surface area contributed by atoms with Crippen molar-refractivity contribution >= 4 is 5.69 Å². The van der Waals surface area contributed by atoms with E-state index in [0.29, 0.717) is 6.04 Å². The third-order valence-electron chi connectivity index (χ3n) is 3.29. The van der Waals surface area contributed by atoms with Crippen molar-refractivity contribution in [3.63, 3.8) is 0 Å². The van der Waals surface area contributed by atoms with Gasteiger partial charge in [0.25, 0.3) is 0 Å². The molecule has 3 N–H and O–H groups in total. The number of hydrogen-bond acceptors (Lipinski definition) is 3. The fourth-order valence-corrected chi connectivity index (χ4v) is 2.46. The van der Waals surface area contributed by atoms with E-state index in [1.165, 1.54) is 18.4 Å². The van der Waals surface area contributed by atoms with Gasteiger partial charge >= 0.3 is 0 Å². The summed E-state index contributed by atoms with van der Waals surface area (Å²) in [6.07, 6.45) is 3.33. The van der Waals surface area contributed by atoms with Crippen molar-refractivity contribution in [2.75, 3.05) is 25.4 Å². The highest BCUT2D eigenvalue weighted by atomic mass is 16.3. The van der Waals surface area contributed by atoms with Crippen molar-refractivity contribution in [2.45, 2.75) is 25.3 Å². The molecular weight excluding hydrogens is 200 g/mol. The number of nitrogens with zero attached hydrogens (tertiary/aromatic N) is 1. The standard InChI is InChI=1S/C13H20N2O/c14-12-6-4-11(5-7-12)13-3-1-8-15(13)9-2-10-16/h4-7,13,16H,1-3,8-10,14H2. The number of hydrogen-bond donors (Lipinski definition) is 2. The van der Waals surface area contributed by atoms with E-state index in [4.69, 9.17) is 10.8 Å². The molecule has 0 saturated carbocycles. The average Bonchev–Trinajstić information content (AvgIpc) is 2.75. The van der Waals surface area contributed by atoms with Crippen molar-refractivity contribution in [1.82, 2.24) is 4.90 Å². The molecule has 2 rings (SSSR count). The maximum absolute atomic E-state index is 8.88. The topological polar surface area (TPSA) is 49.5 Å². The molecule has 1 fully saturated rings. The van der Waals surface area contributed by atoms with Crippen molar-refractivity contribution in [1.29, 1.82) is 0 Å². The van der Waals surface area contributed by atoms with Crippen LogP contribution in [0.5, 0.6) is 0 Å². The first-order chi connectivity index (χ1) is 7.81. The molecule has 1 aliphatic heterocycles. The lowest BCUT2D eigenvalue weighted by molar-refractivity contribution is 0.214. The van der Waals surface area contributed by atoms with Gasteiger partial charge in [-0.15, -0.1) is 0 Å². The lowest BCUT2D eigenvalue weighted by Gasteiger charge is -2.24. The quantitative estimate of drug-likeness (QED) is 0.761.